The van der Waals surface area contributed by atoms with E-state index in [-0.39, 0.29) is 5.56 Å². The van der Waals surface area contributed by atoms with E-state index in [1.807, 2.05) is 26.8 Å². The van der Waals surface area contributed by atoms with Crippen LogP contribution in [0.5, 0.6) is 0 Å². The quantitative estimate of drug-likeness (QED) is 0.460. The lowest BCUT2D eigenvalue weighted by atomic mass is 10.2. The highest BCUT2D eigenvalue weighted by molar-refractivity contribution is 5.91. The molecule has 0 fully saturated rings. The van der Waals surface area contributed by atoms with Crippen LogP contribution in [0.15, 0.2) is 36.4 Å². The Morgan fingerprint density at radius 3 is 2.57 bits per heavy atom. The van der Waals surface area contributed by atoms with Crippen molar-refractivity contribution in [1.29, 1.82) is 0 Å². The van der Waals surface area contributed by atoms with E-state index in [1.54, 1.807) is 10.7 Å². The zero-order chi connectivity index (χ0) is 21.7. The Balaban J connectivity index is 1.47. The minimum Gasteiger partial charge on any atom is -0.367 e. The average Bonchev–Trinajstić information content (AvgIpc) is 2.99. The van der Waals surface area contributed by atoms with Crippen LogP contribution in [0.3, 0.4) is 0 Å². The molecule has 0 bridgehead atoms. The van der Waals surface area contributed by atoms with E-state index in [4.69, 9.17) is 0 Å². The van der Waals surface area contributed by atoms with Gasteiger partial charge in [-0.15, -0.1) is 10.2 Å². The highest BCUT2D eigenvalue weighted by Crippen LogP contribution is 2.15. The van der Waals surface area contributed by atoms with Crippen LogP contribution in [-0.2, 0) is 4.79 Å². The van der Waals surface area contributed by atoms with Gasteiger partial charge in [-0.1, -0.05) is 0 Å². The third kappa shape index (κ3) is 5.05. The van der Waals surface area contributed by atoms with Crippen molar-refractivity contribution in [3.8, 4) is 5.82 Å². The average molecular weight is 412 g/mol. The lowest BCUT2D eigenvalue weighted by Crippen LogP contribution is -2.27. The van der Waals surface area contributed by atoms with Crippen LogP contribution in [0.25, 0.3) is 11.9 Å². The Labute approximate surface area is 172 Å². The van der Waals surface area contributed by atoms with E-state index in [1.165, 1.54) is 6.08 Å². The number of carbonyl (C=O) groups is 1. The summed E-state index contributed by atoms with van der Waals surface area (Å²) in [5.74, 6) is -0.400. The van der Waals surface area contributed by atoms with Crippen molar-refractivity contribution < 1.29 is 13.6 Å². The minimum atomic E-state index is -0.597. The monoisotopic (exact) mass is 412 g/mol. The Bertz CT molecular complexity index is 1080. The number of carbonyl (C=O) groups excluding carboxylic acids is 1. The normalized spacial score (nSPS) is 11.1. The van der Waals surface area contributed by atoms with E-state index in [0.717, 1.165) is 41.2 Å². The second-order valence-electron chi connectivity index (χ2n) is 6.70. The molecular weight excluding hydrogens is 390 g/mol. The van der Waals surface area contributed by atoms with Crippen LogP contribution < -0.4 is 10.6 Å². The van der Waals surface area contributed by atoms with Gasteiger partial charge in [0.05, 0.1) is 5.69 Å². The number of rotatable bonds is 7. The van der Waals surface area contributed by atoms with E-state index in [0.29, 0.717) is 24.7 Å². The van der Waals surface area contributed by atoms with Crippen LogP contribution in [0.1, 0.15) is 22.5 Å². The Kier molecular flexibility index (Phi) is 6.51. The number of hydrogen-bond acceptors (Lipinski definition) is 5. The molecule has 2 aromatic heterocycles. The molecule has 2 heterocycles. The molecule has 0 aliphatic heterocycles. The lowest BCUT2D eigenvalue weighted by Gasteiger charge is -2.07. The van der Waals surface area contributed by atoms with Gasteiger partial charge in [0.25, 0.3) is 0 Å². The molecule has 9 heteroatoms. The second kappa shape index (κ2) is 9.25. The van der Waals surface area contributed by atoms with Crippen molar-refractivity contribution in [3.63, 3.8) is 0 Å². The third-order valence-corrected chi connectivity index (χ3v) is 4.62. The first-order valence-electron chi connectivity index (χ1n) is 9.37. The molecule has 0 atom stereocenters. The molecule has 0 radical (unpaired) electrons. The van der Waals surface area contributed by atoms with Crippen molar-refractivity contribution >= 4 is 17.8 Å². The van der Waals surface area contributed by atoms with E-state index in [9.17, 15) is 13.6 Å². The van der Waals surface area contributed by atoms with Crippen LogP contribution in [0.2, 0.25) is 0 Å². The Hall–Kier alpha value is -3.62. The summed E-state index contributed by atoms with van der Waals surface area (Å²) in [5.41, 5.74) is 3.08. The zero-order valence-corrected chi connectivity index (χ0v) is 16.9. The Morgan fingerprint density at radius 1 is 1.10 bits per heavy atom. The van der Waals surface area contributed by atoms with Crippen LogP contribution in [-0.4, -0.2) is 39.0 Å². The maximum Gasteiger partial charge on any atom is 0.244 e. The van der Waals surface area contributed by atoms with Crippen LogP contribution in [0, 0.1) is 32.4 Å². The topological polar surface area (TPSA) is 84.7 Å². The SMILES string of the molecule is Cc1nn(-c2ccc(NCCNC(=O)/C=C/c3cc(F)ccc3F)nn2)c(C)c1C. The van der Waals surface area contributed by atoms with Crippen LogP contribution >= 0.6 is 0 Å². The molecule has 156 valence electrons. The maximum atomic E-state index is 13.5. The molecule has 0 unspecified atom stereocenters. The number of hydrogen-bond donors (Lipinski definition) is 2. The number of aryl methyl sites for hydroxylation is 1. The Morgan fingerprint density at radius 2 is 1.90 bits per heavy atom. The maximum absolute atomic E-state index is 13.5. The first-order valence-corrected chi connectivity index (χ1v) is 9.37. The van der Waals surface area contributed by atoms with Gasteiger partial charge in [0.2, 0.25) is 5.91 Å². The van der Waals surface area contributed by atoms with Gasteiger partial charge in [0.1, 0.15) is 17.5 Å². The molecule has 3 aromatic rings. The van der Waals surface area contributed by atoms with Gasteiger partial charge in [-0.05, 0) is 62.7 Å². The summed E-state index contributed by atoms with van der Waals surface area (Å²) in [4.78, 5) is 11.8. The fourth-order valence-electron chi connectivity index (χ4n) is 2.72. The van der Waals surface area contributed by atoms with Crippen LogP contribution in [0.4, 0.5) is 14.6 Å². The summed E-state index contributed by atoms with van der Waals surface area (Å²) in [5, 5.41) is 18.4. The lowest BCUT2D eigenvalue weighted by molar-refractivity contribution is -0.116. The molecule has 0 saturated carbocycles. The number of aromatic nitrogens is 4. The second-order valence-corrected chi connectivity index (χ2v) is 6.70. The molecule has 0 aliphatic carbocycles. The highest BCUT2D eigenvalue weighted by Gasteiger charge is 2.10. The minimum absolute atomic E-state index is 0.0106. The smallest absolute Gasteiger partial charge is 0.244 e. The molecule has 0 aliphatic rings. The first-order chi connectivity index (χ1) is 14.3. The molecule has 0 spiro atoms. The molecule has 1 aromatic carbocycles. The number of amides is 1. The van der Waals surface area contributed by atoms with Crippen molar-refractivity contribution in [3.05, 3.63) is 70.6 Å². The molecule has 0 saturated heterocycles. The first kappa shape index (κ1) is 21.1. The summed E-state index contributed by atoms with van der Waals surface area (Å²) >= 11 is 0. The fraction of sp³-hybridized carbons (Fsp3) is 0.238. The van der Waals surface area contributed by atoms with Gasteiger partial charge in [-0.25, -0.2) is 13.5 Å². The van der Waals surface area contributed by atoms with Gasteiger partial charge in [-0.3, -0.25) is 4.79 Å². The number of anilines is 1. The predicted molar refractivity (Wildman–Crippen MR) is 110 cm³/mol. The van der Waals surface area contributed by atoms with E-state index < -0.39 is 17.5 Å². The van der Waals surface area contributed by atoms with Gasteiger partial charge < -0.3 is 10.6 Å². The molecule has 1 amide bonds. The summed E-state index contributed by atoms with van der Waals surface area (Å²) in [7, 11) is 0. The van der Waals surface area contributed by atoms with Crippen molar-refractivity contribution in [1.82, 2.24) is 25.3 Å². The number of halogens is 2. The molecule has 2 N–H and O–H groups in total. The van der Waals surface area contributed by atoms with Crippen molar-refractivity contribution in [2.24, 2.45) is 0 Å². The molecular formula is C21H22F2N6O. The summed E-state index contributed by atoms with van der Waals surface area (Å²) in [6.45, 7) is 6.66. The van der Waals surface area contributed by atoms with Gasteiger partial charge >= 0.3 is 0 Å². The summed E-state index contributed by atoms with van der Waals surface area (Å²) < 4.78 is 28.4. The zero-order valence-electron chi connectivity index (χ0n) is 16.9. The van der Waals surface area contributed by atoms with E-state index in [2.05, 4.69) is 25.9 Å². The number of nitrogens with zero attached hydrogens (tertiary/aromatic N) is 4. The molecule has 7 nitrogen and oxygen atoms in total. The van der Waals surface area contributed by atoms with Gasteiger partial charge in [-0.2, -0.15) is 5.10 Å². The predicted octanol–water partition coefficient (Wildman–Crippen LogP) is 3.11. The van der Waals surface area contributed by atoms with E-state index >= 15 is 0 Å². The molecule has 30 heavy (non-hydrogen) atoms. The number of benzene rings is 1. The standard InChI is InChI=1S/C21H22F2N6O/c1-13-14(2)28-29(15(13)3)20-8-7-19(26-27-20)24-10-11-25-21(30)9-4-16-12-17(22)5-6-18(16)23/h4-9,12H,10-11H2,1-3H3,(H,24,26)(H,25,30)/b9-4+. The van der Waals surface area contributed by atoms with Gasteiger partial charge in [0.15, 0.2) is 5.82 Å². The largest absolute Gasteiger partial charge is 0.367 e. The highest BCUT2D eigenvalue weighted by atomic mass is 19.1. The molecule has 3 rings (SSSR count). The van der Waals surface area contributed by atoms with Gasteiger partial charge in [0, 0.05) is 30.4 Å². The fourth-order valence-corrected chi connectivity index (χ4v) is 2.72. The third-order valence-electron chi connectivity index (χ3n) is 4.62. The summed E-state index contributed by atoms with van der Waals surface area (Å²) in [6.07, 6.45) is 2.38. The van der Waals surface area contributed by atoms with Crippen molar-refractivity contribution in [2.45, 2.75) is 20.8 Å². The number of nitrogens with one attached hydrogen (secondary N) is 2. The van der Waals surface area contributed by atoms with Crippen molar-refractivity contribution in [2.75, 3.05) is 18.4 Å². The summed E-state index contributed by atoms with van der Waals surface area (Å²) in [6, 6.07) is 6.65.